The van der Waals surface area contributed by atoms with Crippen molar-refractivity contribution in [3.63, 3.8) is 0 Å². The summed E-state index contributed by atoms with van der Waals surface area (Å²) in [5.41, 5.74) is 0. The lowest BCUT2D eigenvalue weighted by Gasteiger charge is -2.18. The Morgan fingerprint density at radius 2 is 1.00 bits per heavy atom. The van der Waals surface area contributed by atoms with Gasteiger partial charge in [0.15, 0.2) is 6.10 Å². The highest BCUT2D eigenvalue weighted by Crippen LogP contribution is 2.12. The number of esters is 2. The van der Waals surface area contributed by atoms with Gasteiger partial charge in [0.05, 0.1) is 6.61 Å². The van der Waals surface area contributed by atoms with Crippen molar-refractivity contribution in [3.05, 3.63) is 24.3 Å². The van der Waals surface area contributed by atoms with Crippen LogP contribution < -0.4 is 0 Å². The van der Waals surface area contributed by atoms with Crippen LogP contribution in [-0.4, -0.2) is 37.9 Å². The molecule has 0 radical (unpaired) electrons. The topological polar surface area (TPSA) is 61.8 Å². The Bertz CT molecular complexity index is 671. The van der Waals surface area contributed by atoms with Crippen LogP contribution in [0, 0.1) is 0 Å². The second-order valence-electron chi connectivity index (χ2n) is 12.5. The van der Waals surface area contributed by atoms with Crippen LogP contribution in [0.3, 0.4) is 0 Å². The highest BCUT2D eigenvalue weighted by atomic mass is 16.6. The molecule has 44 heavy (non-hydrogen) atoms. The zero-order chi connectivity index (χ0) is 32.2. The summed E-state index contributed by atoms with van der Waals surface area (Å²) < 4.78 is 17.1. The van der Waals surface area contributed by atoms with Crippen LogP contribution >= 0.6 is 0 Å². The number of rotatable bonds is 34. The number of carbonyl (C=O) groups is 2. The van der Waals surface area contributed by atoms with E-state index < -0.39 is 6.10 Å². The SMILES string of the molecule is CCC/C=C\C/C=C\CCCCCCCCOCC(COC(=O)CCCCCCCCC)OC(=O)CCCCCCCCC. The standard InChI is InChI=1S/C39H72O5/c1-4-7-10-13-16-17-18-19-20-21-22-25-28-31-34-42-35-37(44-39(41)33-30-27-24-15-12-9-6-3)36-43-38(40)32-29-26-23-14-11-8-5-2/h10,13,17-18,37H,4-9,11-12,14-16,19-36H2,1-3H3/b13-10-,18-17-. The van der Waals surface area contributed by atoms with Gasteiger partial charge in [0.1, 0.15) is 6.61 Å². The fourth-order valence-corrected chi connectivity index (χ4v) is 5.13. The molecule has 0 aromatic heterocycles. The molecule has 0 aliphatic heterocycles. The van der Waals surface area contributed by atoms with E-state index in [0.717, 1.165) is 44.9 Å². The molecule has 0 saturated heterocycles. The Morgan fingerprint density at radius 1 is 0.500 bits per heavy atom. The van der Waals surface area contributed by atoms with Gasteiger partial charge in [0, 0.05) is 19.4 Å². The molecule has 0 rings (SSSR count). The third-order valence-corrected chi connectivity index (χ3v) is 7.97. The number of allylic oxidation sites excluding steroid dienone is 4. The van der Waals surface area contributed by atoms with Crippen molar-refractivity contribution in [2.45, 2.75) is 194 Å². The second kappa shape index (κ2) is 35.9. The minimum absolute atomic E-state index is 0.0849. The normalized spacial score (nSPS) is 12.3. The first-order valence-electron chi connectivity index (χ1n) is 18.9. The molecule has 0 saturated carbocycles. The van der Waals surface area contributed by atoms with Gasteiger partial charge in [0.2, 0.25) is 0 Å². The number of hydrogen-bond acceptors (Lipinski definition) is 5. The highest BCUT2D eigenvalue weighted by molar-refractivity contribution is 5.70. The molecule has 5 heteroatoms. The number of ether oxygens (including phenoxy) is 3. The Hall–Kier alpha value is -1.62. The molecule has 0 amide bonds. The van der Waals surface area contributed by atoms with Crippen LogP contribution in [0.2, 0.25) is 0 Å². The molecule has 5 nitrogen and oxygen atoms in total. The van der Waals surface area contributed by atoms with Crippen molar-refractivity contribution in [2.24, 2.45) is 0 Å². The molecular weight excluding hydrogens is 548 g/mol. The maximum atomic E-state index is 12.5. The van der Waals surface area contributed by atoms with Gasteiger partial charge in [-0.3, -0.25) is 9.59 Å². The summed E-state index contributed by atoms with van der Waals surface area (Å²) in [5.74, 6) is -0.413. The molecule has 0 bridgehead atoms. The molecule has 1 unspecified atom stereocenters. The molecule has 0 aliphatic carbocycles. The largest absolute Gasteiger partial charge is 0.462 e. The molecule has 0 spiro atoms. The minimum atomic E-state index is -0.528. The summed E-state index contributed by atoms with van der Waals surface area (Å²) in [6.45, 7) is 7.67. The number of hydrogen-bond donors (Lipinski definition) is 0. The van der Waals surface area contributed by atoms with E-state index in [1.807, 2.05) is 0 Å². The summed E-state index contributed by atoms with van der Waals surface area (Å²) in [6, 6.07) is 0. The molecule has 0 heterocycles. The Balaban J connectivity index is 4.16. The summed E-state index contributed by atoms with van der Waals surface area (Å²) in [7, 11) is 0. The smallest absolute Gasteiger partial charge is 0.306 e. The van der Waals surface area contributed by atoms with Gasteiger partial charge in [0.25, 0.3) is 0 Å². The Kier molecular flexibility index (Phi) is 34.5. The average molecular weight is 621 g/mol. The Labute approximate surface area is 273 Å². The van der Waals surface area contributed by atoms with Gasteiger partial charge in [-0.1, -0.05) is 154 Å². The number of carbonyl (C=O) groups excluding carboxylic acids is 2. The van der Waals surface area contributed by atoms with E-state index in [2.05, 4.69) is 45.1 Å². The van der Waals surface area contributed by atoms with Crippen molar-refractivity contribution in [1.82, 2.24) is 0 Å². The van der Waals surface area contributed by atoms with Gasteiger partial charge >= 0.3 is 11.9 Å². The van der Waals surface area contributed by atoms with Crippen molar-refractivity contribution in [2.75, 3.05) is 19.8 Å². The molecule has 0 aromatic carbocycles. The summed E-state index contributed by atoms with van der Waals surface area (Å²) >= 11 is 0. The third kappa shape index (κ3) is 33.3. The number of unbranched alkanes of at least 4 members (excludes halogenated alkanes) is 19. The quantitative estimate of drug-likeness (QED) is 0.0407. The van der Waals surface area contributed by atoms with E-state index in [9.17, 15) is 9.59 Å². The second-order valence-corrected chi connectivity index (χ2v) is 12.5. The van der Waals surface area contributed by atoms with Crippen LogP contribution in [0.1, 0.15) is 188 Å². The van der Waals surface area contributed by atoms with E-state index in [-0.39, 0.29) is 25.2 Å². The van der Waals surface area contributed by atoms with Crippen LogP contribution in [0.25, 0.3) is 0 Å². The fourth-order valence-electron chi connectivity index (χ4n) is 5.13. The lowest BCUT2D eigenvalue weighted by Crippen LogP contribution is -2.30. The lowest BCUT2D eigenvalue weighted by atomic mass is 10.1. The fraction of sp³-hybridized carbons (Fsp3) is 0.846. The highest BCUT2D eigenvalue weighted by Gasteiger charge is 2.17. The summed E-state index contributed by atoms with van der Waals surface area (Å²) in [4.78, 5) is 24.8. The first-order valence-corrected chi connectivity index (χ1v) is 18.9. The molecule has 0 aliphatic rings. The third-order valence-electron chi connectivity index (χ3n) is 7.97. The first-order chi connectivity index (χ1) is 21.6. The molecule has 0 fully saturated rings. The molecule has 1 atom stereocenters. The first kappa shape index (κ1) is 42.4. The van der Waals surface area contributed by atoms with Gasteiger partial charge in [-0.2, -0.15) is 0 Å². The van der Waals surface area contributed by atoms with E-state index in [1.54, 1.807) is 0 Å². The van der Waals surface area contributed by atoms with Crippen molar-refractivity contribution in [1.29, 1.82) is 0 Å². The molecule has 0 aromatic rings. The molecule has 0 N–H and O–H groups in total. The van der Waals surface area contributed by atoms with Crippen molar-refractivity contribution in [3.8, 4) is 0 Å². The molecule has 258 valence electrons. The minimum Gasteiger partial charge on any atom is -0.462 e. The van der Waals surface area contributed by atoms with Gasteiger partial charge < -0.3 is 14.2 Å². The predicted octanol–water partition coefficient (Wildman–Crippen LogP) is 11.8. The Morgan fingerprint density at radius 3 is 1.59 bits per heavy atom. The van der Waals surface area contributed by atoms with Crippen LogP contribution in [0.5, 0.6) is 0 Å². The van der Waals surface area contributed by atoms with Crippen LogP contribution in [0.4, 0.5) is 0 Å². The van der Waals surface area contributed by atoms with Gasteiger partial charge in [-0.25, -0.2) is 0 Å². The predicted molar refractivity (Wildman–Crippen MR) is 187 cm³/mol. The van der Waals surface area contributed by atoms with Gasteiger partial charge in [-0.05, 0) is 44.9 Å². The zero-order valence-corrected chi connectivity index (χ0v) is 29.4. The molecular formula is C39H72O5. The lowest BCUT2D eigenvalue weighted by molar-refractivity contribution is -0.163. The van der Waals surface area contributed by atoms with Gasteiger partial charge in [-0.15, -0.1) is 0 Å². The van der Waals surface area contributed by atoms with E-state index >= 15 is 0 Å². The van der Waals surface area contributed by atoms with Crippen molar-refractivity contribution >= 4 is 11.9 Å². The van der Waals surface area contributed by atoms with E-state index in [0.29, 0.717) is 19.4 Å². The summed E-state index contributed by atoms with van der Waals surface area (Å²) in [5, 5.41) is 0. The average Bonchev–Trinajstić information content (AvgIpc) is 3.02. The maximum Gasteiger partial charge on any atom is 0.306 e. The van der Waals surface area contributed by atoms with Crippen LogP contribution in [-0.2, 0) is 23.8 Å². The zero-order valence-electron chi connectivity index (χ0n) is 29.4. The monoisotopic (exact) mass is 621 g/mol. The van der Waals surface area contributed by atoms with Crippen molar-refractivity contribution < 1.29 is 23.8 Å². The van der Waals surface area contributed by atoms with E-state index in [1.165, 1.54) is 109 Å². The van der Waals surface area contributed by atoms with E-state index in [4.69, 9.17) is 14.2 Å². The summed E-state index contributed by atoms with van der Waals surface area (Å²) in [6.07, 6.45) is 37.5. The maximum absolute atomic E-state index is 12.5. The van der Waals surface area contributed by atoms with Crippen LogP contribution in [0.15, 0.2) is 24.3 Å².